The van der Waals surface area contributed by atoms with Gasteiger partial charge in [0.25, 0.3) is 5.91 Å². The van der Waals surface area contributed by atoms with Crippen molar-refractivity contribution < 1.29 is 27.1 Å². The molecule has 1 atom stereocenters. The third-order valence-corrected chi connectivity index (χ3v) is 6.45. The van der Waals surface area contributed by atoms with Crippen LogP contribution in [-0.2, 0) is 19.6 Å². The van der Waals surface area contributed by atoms with Crippen molar-refractivity contribution in [2.75, 3.05) is 5.32 Å². The first-order valence-corrected chi connectivity index (χ1v) is 10.8. The highest BCUT2D eigenvalue weighted by Gasteiger charge is 2.24. The van der Waals surface area contributed by atoms with Crippen LogP contribution in [0.25, 0.3) is 10.1 Å². The Morgan fingerprint density at radius 2 is 1.86 bits per heavy atom. The zero-order valence-corrected chi connectivity index (χ0v) is 17.2. The van der Waals surface area contributed by atoms with Crippen molar-refractivity contribution in [1.29, 1.82) is 0 Å². The molecule has 11 heteroatoms. The topological polar surface area (TPSA) is 116 Å². The summed E-state index contributed by atoms with van der Waals surface area (Å²) >= 11 is 7.14. The van der Waals surface area contributed by atoms with E-state index >= 15 is 0 Å². The predicted molar refractivity (Wildman–Crippen MR) is 108 cm³/mol. The third-order valence-electron chi connectivity index (χ3n) is 3.88. The van der Waals surface area contributed by atoms with E-state index in [2.05, 4.69) is 5.32 Å². The van der Waals surface area contributed by atoms with Gasteiger partial charge in [-0.15, -0.1) is 11.3 Å². The number of benzene rings is 2. The molecule has 0 bridgehead atoms. The molecule has 152 valence electrons. The maximum absolute atomic E-state index is 13.3. The number of nitrogens with one attached hydrogen (secondary N) is 1. The van der Waals surface area contributed by atoms with Crippen LogP contribution in [0.3, 0.4) is 0 Å². The second kappa shape index (κ2) is 8.07. The van der Waals surface area contributed by atoms with Crippen LogP contribution in [0.1, 0.15) is 16.6 Å². The van der Waals surface area contributed by atoms with Crippen LogP contribution in [0.4, 0.5) is 10.1 Å². The smallest absolute Gasteiger partial charge is 0.350 e. The minimum absolute atomic E-state index is 0.0596. The lowest BCUT2D eigenvalue weighted by Crippen LogP contribution is -2.29. The summed E-state index contributed by atoms with van der Waals surface area (Å²) in [5.41, 5.74) is 0.292. The average Bonchev–Trinajstić information content (AvgIpc) is 2.97. The van der Waals surface area contributed by atoms with Gasteiger partial charge < -0.3 is 10.1 Å². The highest BCUT2D eigenvalue weighted by Crippen LogP contribution is 2.36. The number of ether oxygens (including phenoxy) is 1. The minimum Gasteiger partial charge on any atom is -0.448 e. The van der Waals surface area contributed by atoms with Gasteiger partial charge in [0.05, 0.1) is 9.92 Å². The Morgan fingerprint density at radius 3 is 2.48 bits per heavy atom. The normalized spacial score (nSPS) is 12.6. The van der Waals surface area contributed by atoms with Crippen molar-refractivity contribution in [3.05, 3.63) is 58.2 Å². The Bertz CT molecular complexity index is 1210. The Morgan fingerprint density at radius 1 is 1.21 bits per heavy atom. The van der Waals surface area contributed by atoms with Crippen LogP contribution in [0.15, 0.2) is 47.4 Å². The van der Waals surface area contributed by atoms with Gasteiger partial charge >= 0.3 is 5.97 Å². The van der Waals surface area contributed by atoms with E-state index in [1.165, 1.54) is 49.4 Å². The first kappa shape index (κ1) is 21.2. The number of thiophene rings is 1. The van der Waals surface area contributed by atoms with Crippen LogP contribution >= 0.6 is 22.9 Å². The number of halogens is 2. The first-order chi connectivity index (χ1) is 13.6. The molecule has 0 aliphatic rings. The van der Waals surface area contributed by atoms with Crippen LogP contribution in [0, 0.1) is 5.82 Å². The highest BCUT2D eigenvalue weighted by atomic mass is 35.5. The van der Waals surface area contributed by atoms with Gasteiger partial charge in [0, 0.05) is 15.8 Å². The van der Waals surface area contributed by atoms with E-state index in [0.29, 0.717) is 15.8 Å². The Hall–Kier alpha value is -2.53. The van der Waals surface area contributed by atoms with Crippen molar-refractivity contribution >= 4 is 60.6 Å². The quantitative estimate of drug-likeness (QED) is 0.570. The molecule has 0 radical (unpaired) electrons. The number of carbonyl (C=O) groups excluding carboxylic acids is 2. The molecular weight excluding hydrogens is 443 g/mol. The Kier molecular flexibility index (Phi) is 5.90. The number of rotatable bonds is 5. The molecule has 1 amide bonds. The molecule has 3 aromatic rings. The molecule has 0 aliphatic carbocycles. The van der Waals surface area contributed by atoms with E-state index in [1.54, 1.807) is 0 Å². The number of carbonyl (C=O) groups is 2. The second-order valence-corrected chi connectivity index (χ2v) is 8.98. The molecule has 1 unspecified atom stereocenters. The number of primary sulfonamides is 1. The van der Waals surface area contributed by atoms with Crippen molar-refractivity contribution in [1.82, 2.24) is 0 Å². The van der Waals surface area contributed by atoms with Gasteiger partial charge in [-0.05, 0) is 49.4 Å². The maximum Gasteiger partial charge on any atom is 0.350 e. The number of amides is 1. The fourth-order valence-corrected chi connectivity index (χ4v) is 4.34. The Labute approximate surface area is 174 Å². The fourth-order valence-electron chi connectivity index (χ4n) is 2.41. The average molecular weight is 457 g/mol. The molecule has 0 saturated heterocycles. The monoisotopic (exact) mass is 456 g/mol. The van der Waals surface area contributed by atoms with Gasteiger partial charge in [0.2, 0.25) is 10.0 Å². The van der Waals surface area contributed by atoms with E-state index < -0.39 is 33.8 Å². The largest absolute Gasteiger partial charge is 0.448 e. The fraction of sp³-hybridized carbons (Fsp3) is 0.111. The molecular formula is C18H14ClFN2O5S2. The van der Waals surface area contributed by atoms with Crippen LogP contribution in [0.5, 0.6) is 0 Å². The van der Waals surface area contributed by atoms with Crippen molar-refractivity contribution in [2.45, 2.75) is 17.9 Å². The number of hydrogen-bond donors (Lipinski definition) is 2. The van der Waals surface area contributed by atoms with E-state index in [-0.39, 0.29) is 14.8 Å². The van der Waals surface area contributed by atoms with Gasteiger partial charge in [-0.1, -0.05) is 11.6 Å². The molecule has 3 N–H and O–H groups in total. The number of esters is 1. The molecule has 1 heterocycles. The van der Waals surface area contributed by atoms with Gasteiger partial charge in [0.1, 0.15) is 10.7 Å². The SMILES string of the molecule is CC(OC(=O)c1sc2cc(F)ccc2c1Cl)C(=O)Nc1ccc(S(N)(=O)=O)cc1. The Balaban J connectivity index is 1.69. The molecule has 3 rings (SSSR count). The zero-order valence-electron chi connectivity index (χ0n) is 14.8. The number of anilines is 1. The lowest BCUT2D eigenvalue weighted by molar-refractivity contribution is -0.123. The molecule has 0 aliphatic heterocycles. The van der Waals surface area contributed by atoms with Crippen LogP contribution in [-0.4, -0.2) is 26.4 Å². The van der Waals surface area contributed by atoms with E-state index in [1.807, 2.05) is 0 Å². The van der Waals surface area contributed by atoms with Gasteiger partial charge in [-0.3, -0.25) is 4.79 Å². The molecule has 0 saturated carbocycles. The molecule has 2 aromatic carbocycles. The summed E-state index contributed by atoms with van der Waals surface area (Å²) < 4.78 is 41.5. The lowest BCUT2D eigenvalue weighted by atomic mass is 10.2. The van der Waals surface area contributed by atoms with E-state index in [9.17, 15) is 22.4 Å². The highest BCUT2D eigenvalue weighted by molar-refractivity contribution is 7.89. The van der Waals surface area contributed by atoms with Gasteiger partial charge in [-0.25, -0.2) is 22.7 Å². The summed E-state index contributed by atoms with van der Waals surface area (Å²) in [4.78, 5) is 24.6. The van der Waals surface area contributed by atoms with Crippen LogP contribution in [0.2, 0.25) is 5.02 Å². The van der Waals surface area contributed by atoms with Crippen molar-refractivity contribution in [3.8, 4) is 0 Å². The molecule has 7 nitrogen and oxygen atoms in total. The predicted octanol–water partition coefficient (Wildman–Crippen LogP) is 3.53. The minimum atomic E-state index is -3.85. The summed E-state index contributed by atoms with van der Waals surface area (Å²) in [6, 6.07) is 9.11. The molecule has 29 heavy (non-hydrogen) atoms. The summed E-state index contributed by atoms with van der Waals surface area (Å²) in [7, 11) is -3.85. The third kappa shape index (κ3) is 4.73. The van der Waals surface area contributed by atoms with E-state index in [0.717, 1.165) is 11.3 Å². The number of fused-ring (bicyclic) bond motifs is 1. The molecule has 0 spiro atoms. The zero-order chi connectivity index (χ0) is 21.3. The number of hydrogen-bond acceptors (Lipinski definition) is 6. The lowest BCUT2D eigenvalue weighted by Gasteiger charge is -2.13. The number of sulfonamides is 1. The van der Waals surface area contributed by atoms with Crippen molar-refractivity contribution in [2.24, 2.45) is 5.14 Å². The first-order valence-electron chi connectivity index (χ1n) is 8.08. The van der Waals surface area contributed by atoms with E-state index in [4.69, 9.17) is 21.5 Å². The maximum atomic E-state index is 13.3. The van der Waals surface area contributed by atoms with Crippen LogP contribution < -0.4 is 10.5 Å². The second-order valence-electron chi connectivity index (χ2n) is 5.99. The summed E-state index contributed by atoms with van der Waals surface area (Å²) in [5.74, 6) is -1.91. The standard InChI is InChI=1S/C18H14ClFN2O5S2/c1-9(17(23)22-11-3-5-12(6-4-11)29(21,25)26)27-18(24)16-15(19)13-7-2-10(20)8-14(13)28-16/h2-9H,1H3,(H,22,23)(H2,21,25,26). The molecule has 0 fully saturated rings. The number of nitrogens with two attached hydrogens (primary N) is 1. The van der Waals surface area contributed by atoms with Gasteiger partial charge in [-0.2, -0.15) is 0 Å². The summed E-state index contributed by atoms with van der Waals surface area (Å²) in [6.45, 7) is 1.37. The van der Waals surface area contributed by atoms with Crippen molar-refractivity contribution in [3.63, 3.8) is 0 Å². The molecule has 1 aromatic heterocycles. The summed E-state index contributed by atoms with van der Waals surface area (Å²) in [6.07, 6.45) is -1.17. The summed E-state index contributed by atoms with van der Waals surface area (Å²) in [5, 5.41) is 8.14. The van der Waals surface area contributed by atoms with Gasteiger partial charge in [0.15, 0.2) is 6.10 Å².